The maximum atomic E-state index is 12.4. The summed E-state index contributed by atoms with van der Waals surface area (Å²) < 4.78 is 15.3. The van der Waals surface area contributed by atoms with Gasteiger partial charge in [-0.15, -0.1) is 4.72 Å². The number of hydrogen-bond acceptors (Lipinski definition) is 4. The highest BCUT2D eigenvalue weighted by Crippen LogP contribution is 2.22. The lowest BCUT2D eigenvalue weighted by atomic mass is 10.0. The number of hydrogen-bond donors (Lipinski definition) is 1. The summed E-state index contributed by atoms with van der Waals surface area (Å²) in [4.78, 5) is 8.66. The van der Waals surface area contributed by atoms with Gasteiger partial charge in [0, 0.05) is 23.8 Å². The summed E-state index contributed by atoms with van der Waals surface area (Å²) in [5.41, 5.74) is 1.32. The van der Waals surface area contributed by atoms with Crippen molar-refractivity contribution in [2.75, 3.05) is 0 Å². The van der Waals surface area contributed by atoms with Crippen molar-refractivity contribution in [1.29, 1.82) is 0 Å². The van der Waals surface area contributed by atoms with Gasteiger partial charge in [0.25, 0.3) is 0 Å². The summed E-state index contributed by atoms with van der Waals surface area (Å²) in [7, 11) is 0. The first-order valence-corrected chi connectivity index (χ1v) is 9.10. The molecule has 2 rings (SSSR count). The molecule has 2 atom stereocenters. The first kappa shape index (κ1) is 17.9. The van der Waals surface area contributed by atoms with E-state index < -0.39 is 11.4 Å². The fraction of sp³-hybridized carbons (Fsp3) is 0.444. The fourth-order valence-electron chi connectivity index (χ4n) is 2.19. The molecule has 124 valence electrons. The van der Waals surface area contributed by atoms with E-state index in [1.165, 1.54) is 5.56 Å². The van der Waals surface area contributed by atoms with Gasteiger partial charge in [0.1, 0.15) is 16.6 Å². The van der Waals surface area contributed by atoms with Crippen molar-refractivity contribution in [3.8, 4) is 0 Å². The zero-order valence-electron chi connectivity index (χ0n) is 14.0. The molecule has 0 radical (unpaired) electrons. The highest BCUT2D eigenvalue weighted by atomic mass is 32.2. The largest absolute Gasteiger partial charge is 0.598 e. The Balaban J connectivity index is 1.99. The lowest BCUT2D eigenvalue weighted by Gasteiger charge is -2.27. The standard InChI is InChI=1S/C18H25N3OS/c1-18(2,3)23(22)21-16(17-19-13-8-14-20-17)12-7-11-15-9-5-4-6-10-15/h4-6,8-10,13-14,16,21H,7,11-12H2,1-3H3/t16-,23?/m0/s1. The van der Waals surface area contributed by atoms with Gasteiger partial charge in [-0.05, 0) is 51.7 Å². The SMILES string of the molecule is CC(C)(C)[S+]([O-])N[C@@H](CCCc1ccccc1)c1ncccn1. The molecule has 0 aliphatic carbocycles. The van der Waals surface area contributed by atoms with E-state index >= 15 is 0 Å². The lowest BCUT2D eigenvalue weighted by molar-refractivity contribution is 0.492. The van der Waals surface area contributed by atoms with E-state index in [2.05, 4.69) is 39.0 Å². The minimum Gasteiger partial charge on any atom is -0.598 e. The maximum Gasteiger partial charge on any atom is 0.149 e. The third-order valence-electron chi connectivity index (χ3n) is 3.50. The fourth-order valence-corrected chi connectivity index (χ4v) is 3.03. The van der Waals surface area contributed by atoms with Crippen LogP contribution in [0.4, 0.5) is 0 Å². The molecule has 5 heteroatoms. The van der Waals surface area contributed by atoms with Crippen LogP contribution in [0.15, 0.2) is 48.8 Å². The Morgan fingerprint density at radius 1 is 1.09 bits per heavy atom. The molecule has 1 heterocycles. The van der Waals surface area contributed by atoms with E-state index in [1.807, 2.05) is 26.8 Å². The van der Waals surface area contributed by atoms with Gasteiger partial charge < -0.3 is 4.55 Å². The molecule has 0 amide bonds. The normalized spacial score (nSPS) is 14.4. The van der Waals surface area contributed by atoms with Gasteiger partial charge in [-0.25, -0.2) is 9.97 Å². The second-order valence-corrected chi connectivity index (χ2v) is 8.53. The van der Waals surface area contributed by atoms with Crippen LogP contribution in [0.25, 0.3) is 0 Å². The molecule has 0 aliphatic rings. The molecule has 1 N–H and O–H groups in total. The van der Waals surface area contributed by atoms with E-state index in [4.69, 9.17) is 0 Å². The van der Waals surface area contributed by atoms with E-state index in [9.17, 15) is 4.55 Å². The Morgan fingerprint density at radius 3 is 2.35 bits per heavy atom. The Hall–Kier alpha value is -1.43. The lowest BCUT2D eigenvalue weighted by Crippen LogP contribution is -2.41. The molecule has 1 aromatic heterocycles. The van der Waals surface area contributed by atoms with Gasteiger partial charge >= 0.3 is 0 Å². The van der Waals surface area contributed by atoms with Crippen LogP contribution in [0.5, 0.6) is 0 Å². The summed E-state index contributed by atoms with van der Waals surface area (Å²) >= 11 is -1.15. The first-order chi connectivity index (χ1) is 11.0. The smallest absolute Gasteiger partial charge is 0.149 e. The summed E-state index contributed by atoms with van der Waals surface area (Å²) in [5, 5.41) is 0. The van der Waals surface area contributed by atoms with Gasteiger partial charge in [0.05, 0.1) is 0 Å². The topological polar surface area (TPSA) is 60.9 Å². The Morgan fingerprint density at radius 2 is 1.74 bits per heavy atom. The Kier molecular flexibility index (Phi) is 6.57. The molecule has 2 aromatic rings. The average Bonchev–Trinajstić information content (AvgIpc) is 2.54. The number of nitrogens with one attached hydrogen (secondary N) is 1. The van der Waals surface area contributed by atoms with Crippen LogP contribution < -0.4 is 4.72 Å². The van der Waals surface area contributed by atoms with Crippen molar-refractivity contribution in [2.45, 2.75) is 50.8 Å². The second-order valence-electron chi connectivity index (χ2n) is 6.54. The van der Waals surface area contributed by atoms with E-state index in [0.717, 1.165) is 19.3 Å². The van der Waals surface area contributed by atoms with Gasteiger partial charge in [-0.2, -0.15) is 0 Å². The number of aryl methyl sites for hydroxylation is 1. The zero-order valence-corrected chi connectivity index (χ0v) is 14.8. The molecule has 0 saturated carbocycles. The average molecular weight is 331 g/mol. The molecule has 0 spiro atoms. The summed E-state index contributed by atoms with van der Waals surface area (Å²) in [5.74, 6) is 0.707. The minimum absolute atomic E-state index is 0.0972. The number of rotatable bonds is 7. The van der Waals surface area contributed by atoms with Crippen LogP contribution in [-0.4, -0.2) is 19.3 Å². The van der Waals surface area contributed by atoms with E-state index in [-0.39, 0.29) is 10.8 Å². The predicted octanol–water partition coefficient (Wildman–Crippen LogP) is 3.59. The van der Waals surface area contributed by atoms with Gasteiger partial charge in [0.15, 0.2) is 0 Å². The molecule has 4 nitrogen and oxygen atoms in total. The number of benzene rings is 1. The van der Waals surface area contributed by atoms with Crippen molar-refractivity contribution in [2.24, 2.45) is 0 Å². The zero-order chi connectivity index (χ0) is 16.7. The van der Waals surface area contributed by atoms with Crippen LogP contribution in [0.3, 0.4) is 0 Å². The van der Waals surface area contributed by atoms with Crippen LogP contribution in [0.1, 0.15) is 51.0 Å². The van der Waals surface area contributed by atoms with E-state index in [0.29, 0.717) is 5.82 Å². The number of nitrogens with zero attached hydrogens (tertiary/aromatic N) is 2. The number of aromatic nitrogens is 2. The monoisotopic (exact) mass is 331 g/mol. The van der Waals surface area contributed by atoms with Gasteiger partial charge in [-0.3, -0.25) is 0 Å². The molecule has 1 unspecified atom stereocenters. The van der Waals surface area contributed by atoms with E-state index in [1.54, 1.807) is 18.5 Å². The van der Waals surface area contributed by atoms with Gasteiger partial charge in [0.2, 0.25) is 0 Å². The highest BCUT2D eigenvalue weighted by Gasteiger charge is 2.30. The quantitative estimate of drug-likeness (QED) is 0.788. The molecule has 1 aromatic carbocycles. The van der Waals surface area contributed by atoms with Crippen LogP contribution in [0.2, 0.25) is 0 Å². The van der Waals surface area contributed by atoms with Crippen LogP contribution in [0, 0.1) is 0 Å². The van der Waals surface area contributed by atoms with Crippen LogP contribution in [-0.2, 0) is 17.8 Å². The highest BCUT2D eigenvalue weighted by molar-refractivity contribution is 7.90. The molecular weight excluding hydrogens is 306 g/mol. The molecule has 0 bridgehead atoms. The maximum absolute atomic E-state index is 12.4. The second kappa shape index (κ2) is 8.43. The first-order valence-electron chi connectivity index (χ1n) is 7.96. The molecule has 0 aliphatic heterocycles. The summed E-state index contributed by atoms with van der Waals surface area (Å²) in [6, 6.07) is 12.1. The molecule has 23 heavy (non-hydrogen) atoms. The van der Waals surface area contributed by atoms with Crippen molar-refractivity contribution in [1.82, 2.24) is 14.7 Å². The third-order valence-corrected chi connectivity index (χ3v) is 5.11. The van der Waals surface area contributed by atoms with Crippen molar-refractivity contribution in [3.05, 3.63) is 60.2 Å². The summed E-state index contributed by atoms with van der Waals surface area (Å²) in [6.07, 6.45) is 6.29. The summed E-state index contributed by atoms with van der Waals surface area (Å²) in [6.45, 7) is 5.88. The Labute approximate surface area is 142 Å². The molecule has 0 fully saturated rings. The molecular formula is C18H25N3OS. The molecule has 0 saturated heterocycles. The van der Waals surface area contributed by atoms with Crippen molar-refractivity contribution >= 4 is 11.4 Å². The third kappa shape index (κ3) is 5.94. The van der Waals surface area contributed by atoms with Crippen molar-refractivity contribution in [3.63, 3.8) is 0 Å². The predicted molar refractivity (Wildman–Crippen MR) is 95.2 cm³/mol. The minimum atomic E-state index is -1.15. The van der Waals surface area contributed by atoms with Gasteiger partial charge in [-0.1, -0.05) is 30.3 Å². The Bertz CT molecular complexity index is 572. The van der Waals surface area contributed by atoms with Crippen molar-refractivity contribution < 1.29 is 4.55 Å². The van der Waals surface area contributed by atoms with Crippen LogP contribution >= 0.6 is 0 Å².